The molecule has 1 heterocycles. The smallest absolute Gasteiger partial charge is 0.270 e. The third-order valence-electron chi connectivity index (χ3n) is 4.70. The molecule has 0 atom stereocenters. The second-order valence-electron chi connectivity index (χ2n) is 6.89. The van der Waals surface area contributed by atoms with Crippen molar-refractivity contribution in [3.05, 3.63) is 71.0 Å². The van der Waals surface area contributed by atoms with Crippen LogP contribution in [0.4, 0.5) is 0 Å². The molecule has 1 aromatic heterocycles. The summed E-state index contributed by atoms with van der Waals surface area (Å²) in [6.07, 6.45) is 4.95. The molecule has 3 aromatic rings. The molecule has 8 heteroatoms. The van der Waals surface area contributed by atoms with Gasteiger partial charge in [-0.1, -0.05) is 24.6 Å². The fourth-order valence-corrected chi connectivity index (χ4v) is 2.89. The average Bonchev–Trinajstić information content (AvgIpc) is 3.25. The van der Waals surface area contributed by atoms with E-state index in [9.17, 15) is 9.59 Å². The Morgan fingerprint density at radius 2 is 1.80 bits per heavy atom. The maximum atomic E-state index is 12.4. The molecule has 0 spiro atoms. The summed E-state index contributed by atoms with van der Waals surface area (Å²) < 4.78 is 6.82. The zero-order valence-corrected chi connectivity index (χ0v) is 17.3. The monoisotopic (exact) mass is 407 g/mol. The van der Waals surface area contributed by atoms with Gasteiger partial charge in [-0.25, -0.2) is 4.68 Å². The third-order valence-corrected chi connectivity index (χ3v) is 4.70. The van der Waals surface area contributed by atoms with Crippen LogP contribution in [-0.2, 0) is 6.42 Å². The van der Waals surface area contributed by atoms with E-state index in [0.717, 1.165) is 36.2 Å². The lowest BCUT2D eigenvalue weighted by Gasteiger charge is -2.11. The Morgan fingerprint density at radius 3 is 2.50 bits per heavy atom. The summed E-state index contributed by atoms with van der Waals surface area (Å²) >= 11 is 0. The van der Waals surface area contributed by atoms with Crippen LogP contribution in [0.5, 0.6) is 5.75 Å². The quantitative estimate of drug-likeness (QED) is 0.587. The van der Waals surface area contributed by atoms with E-state index in [2.05, 4.69) is 28.1 Å². The molecule has 0 aliphatic heterocycles. The highest BCUT2D eigenvalue weighted by Crippen LogP contribution is 2.17. The molecule has 156 valence electrons. The second kappa shape index (κ2) is 9.69. The number of amides is 2. The predicted octanol–water partition coefficient (Wildman–Crippen LogP) is 3.00. The maximum absolute atomic E-state index is 12.4. The van der Waals surface area contributed by atoms with Gasteiger partial charge in [0.05, 0.1) is 24.7 Å². The molecule has 0 aliphatic carbocycles. The number of unbranched alkanes of at least 4 members (excludes halogenated alkanes) is 1. The first-order valence-electron chi connectivity index (χ1n) is 9.78. The summed E-state index contributed by atoms with van der Waals surface area (Å²) in [5.74, 6) is -0.269. The van der Waals surface area contributed by atoms with Crippen molar-refractivity contribution in [1.29, 1.82) is 0 Å². The van der Waals surface area contributed by atoms with Gasteiger partial charge in [-0.15, -0.1) is 5.10 Å². The standard InChI is InChI=1S/C22H25N5O3/c1-4-5-6-17-14-27(26-23-17)18-10-8-16(9-11-18)21(28)24-25-22(29)20-13-19(30-3)12-7-15(20)2/h7-14H,4-6H2,1-3H3,(H,24,28)(H,25,29). The summed E-state index contributed by atoms with van der Waals surface area (Å²) in [5.41, 5.74) is 8.23. The van der Waals surface area contributed by atoms with E-state index < -0.39 is 11.8 Å². The van der Waals surface area contributed by atoms with E-state index >= 15 is 0 Å². The summed E-state index contributed by atoms with van der Waals surface area (Å²) in [5, 5.41) is 8.29. The number of aromatic nitrogens is 3. The molecule has 3 rings (SSSR count). The molecule has 0 fully saturated rings. The molecular weight excluding hydrogens is 382 g/mol. The van der Waals surface area contributed by atoms with Crippen molar-refractivity contribution < 1.29 is 14.3 Å². The lowest BCUT2D eigenvalue weighted by molar-refractivity contribution is 0.0846. The van der Waals surface area contributed by atoms with Crippen molar-refractivity contribution in [2.24, 2.45) is 0 Å². The van der Waals surface area contributed by atoms with E-state index in [4.69, 9.17) is 4.74 Å². The van der Waals surface area contributed by atoms with Gasteiger partial charge in [-0.05, 0) is 61.7 Å². The van der Waals surface area contributed by atoms with Crippen molar-refractivity contribution in [2.75, 3.05) is 7.11 Å². The van der Waals surface area contributed by atoms with Crippen LogP contribution >= 0.6 is 0 Å². The SMILES string of the molecule is CCCCc1cn(-c2ccc(C(=O)NNC(=O)c3cc(OC)ccc3C)cc2)nn1. The fraction of sp³-hybridized carbons (Fsp3) is 0.273. The zero-order chi connectivity index (χ0) is 21.5. The Labute approximate surface area is 175 Å². The summed E-state index contributed by atoms with van der Waals surface area (Å²) in [6, 6.07) is 12.1. The van der Waals surface area contributed by atoms with E-state index in [-0.39, 0.29) is 0 Å². The number of hydrazine groups is 1. The second-order valence-corrected chi connectivity index (χ2v) is 6.89. The molecule has 2 N–H and O–H groups in total. The predicted molar refractivity (Wildman–Crippen MR) is 113 cm³/mol. The van der Waals surface area contributed by atoms with Crippen molar-refractivity contribution in [2.45, 2.75) is 33.1 Å². The molecule has 30 heavy (non-hydrogen) atoms. The van der Waals surface area contributed by atoms with E-state index in [1.165, 1.54) is 7.11 Å². The van der Waals surface area contributed by atoms with Gasteiger partial charge >= 0.3 is 0 Å². The van der Waals surface area contributed by atoms with Crippen LogP contribution < -0.4 is 15.6 Å². The number of aryl methyl sites for hydroxylation is 2. The number of ether oxygens (including phenoxy) is 1. The molecular formula is C22H25N5O3. The Kier molecular flexibility index (Phi) is 6.79. The first-order valence-corrected chi connectivity index (χ1v) is 9.78. The normalized spacial score (nSPS) is 10.5. The van der Waals surface area contributed by atoms with Gasteiger partial charge in [0, 0.05) is 11.1 Å². The van der Waals surface area contributed by atoms with Crippen LogP contribution in [0, 0.1) is 6.92 Å². The van der Waals surface area contributed by atoms with Gasteiger partial charge < -0.3 is 4.74 Å². The van der Waals surface area contributed by atoms with Crippen LogP contribution in [-0.4, -0.2) is 33.9 Å². The van der Waals surface area contributed by atoms with Crippen molar-refractivity contribution in [3.8, 4) is 11.4 Å². The first-order chi connectivity index (χ1) is 14.5. The van der Waals surface area contributed by atoms with E-state index in [1.54, 1.807) is 47.1 Å². The Balaban J connectivity index is 1.61. The number of methoxy groups -OCH3 is 1. The number of nitrogens with one attached hydrogen (secondary N) is 2. The summed E-state index contributed by atoms with van der Waals surface area (Å²) in [6.45, 7) is 3.95. The minimum atomic E-state index is -0.419. The number of rotatable bonds is 7. The minimum Gasteiger partial charge on any atom is -0.497 e. The van der Waals surface area contributed by atoms with E-state index in [1.807, 2.05) is 13.1 Å². The summed E-state index contributed by atoms with van der Waals surface area (Å²) in [7, 11) is 1.53. The average molecular weight is 407 g/mol. The lowest BCUT2D eigenvalue weighted by atomic mass is 10.1. The van der Waals surface area contributed by atoms with Crippen LogP contribution in [0.15, 0.2) is 48.7 Å². The molecule has 0 aliphatic rings. The highest BCUT2D eigenvalue weighted by molar-refractivity contribution is 6.00. The third kappa shape index (κ3) is 5.02. The van der Waals surface area contributed by atoms with Gasteiger partial charge in [0.1, 0.15) is 5.75 Å². The van der Waals surface area contributed by atoms with Crippen LogP contribution in [0.2, 0.25) is 0 Å². The van der Waals surface area contributed by atoms with Crippen LogP contribution in [0.25, 0.3) is 5.69 Å². The number of hydrogen-bond acceptors (Lipinski definition) is 5. The zero-order valence-electron chi connectivity index (χ0n) is 17.3. The van der Waals surface area contributed by atoms with Crippen LogP contribution in [0.1, 0.15) is 51.7 Å². The molecule has 0 radical (unpaired) electrons. The van der Waals surface area contributed by atoms with Crippen molar-refractivity contribution in [1.82, 2.24) is 25.8 Å². The minimum absolute atomic E-state index is 0.410. The highest BCUT2D eigenvalue weighted by Gasteiger charge is 2.13. The van der Waals surface area contributed by atoms with Gasteiger partial charge in [0.25, 0.3) is 11.8 Å². The Morgan fingerprint density at radius 1 is 1.07 bits per heavy atom. The van der Waals surface area contributed by atoms with Crippen molar-refractivity contribution in [3.63, 3.8) is 0 Å². The molecule has 0 saturated carbocycles. The van der Waals surface area contributed by atoms with Gasteiger partial charge in [-0.2, -0.15) is 0 Å². The number of hydrogen-bond donors (Lipinski definition) is 2. The molecule has 2 amide bonds. The van der Waals surface area contributed by atoms with E-state index in [0.29, 0.717) is 16.9 Å². The Bertz CT molecular complexity index is 1030. The Hall–Kier alpha value is -3.68. The first kappa shape index (κ1) is 21.0. The summed E-state index contributed by atoms with van der Waals surface area (Å²) in [4.78, 5) is 24.8. The topological polar surface area (TPSA) is 98.1 Å². The molecule has 8 nitrogen and oxygen atoms in total. The molecule has 0 saturated heterocycles. The molecule has 0 unspecified atom stereocenters. The van der Waals surface area contributed by atoms with Gasteiger partial charge in [-0.3, -0.25) is 20.4 Å². The van der Waals surface area contributed by atoms with Crippen LogP contribution in [0.3, 0.4) is 0 Å². The number of nitrogens with zero attached hydrogens (tertiary/aromatic N) is 3. The largest absolute Gasteiger partial charge is 0.497 e. The highest BCUT2D eigenvalue weighted by atomic mass is 16.5. The number of carbonyl (C=O) groups is 2. The number of benzene rings is 2. The number of carbonyl (C=O) groups excluding carboxylic acids is 2. The fourth-order valence-electron chi connectivity index (χ4n) is 2.89. The lowest BCUT2D eigenvalue weighted by Crippen LogP contribution is -2.41. The maximum Gasteiger partial charge on any atom is 0.270 e. The molecule has 0 bridgehead atoms. The molecule has 2 aromatic carbocycles. The van der Waals surface area contributed by atoms with Gasteiger partial charge in [0.15, 0.2) is 0 Å². The van der Waals surface area contributed by atoms with Gasteiger partial charge in [0.2, 0.25) is 0 Å². The van der Waals surface area contributed by atoms with Crippen molar-refractivity contribution >= 4 is 11.8 Å².